The molecule has 1 aliphatic heterocycles. The minimum Gasteiger partial charge on any atom is -0.374 e. The Bertz CT molecular complexity index is 357. The van der Waals surface area contributed by atoms with E-state index in [4.69, 9.17) is 10.5 Å². The van der Waals surface area contributed by atoms with Gasteiger partial charge in [0, 0.05) is 17.1 Å². The van der Waals surface area contributed by atoms with Gasteiger partial charge in [-0.3, -0.25) is 0 Å². The Morgan fingerprint density at radius 1 is 1.35 bits per heavy atom. The van der Waals surface area contributed by atoms with Crippen molar-refractivity contribution in [2.24, 2.45) is 5.73 Å². The first-order chi connectivity index (χ1) is 8.10. The summed E-state index contributed by atoms with van der Waals surface area (Å²) in [6, 6.07) is 8.44. The van der Waals surface area contributed by atoms with E-state index in [0.717, 1.165) is 23.9 Å². The van der Waals surface area contributed by atoms with Crippen LogP contribution in [-0.4, -0.2) is 18.2 Å². The molecular formula is C14H20BrNO. The number of benzene rings is 1. The molecule has 1 aromatic rings. The van der Waals surface area contributed by atoms with Crippen molar-refractivity contribution >= 4 is 15.9 Å². The standard InChI is InChI=1S/C14H20BrNO/c1-14(8-2-3-9-17-14)13(16)10-11-4-6-12(15)7-5-11/h4-7,13H,2-3,8-10,16H2,1H3. The van der Waals surface area contributed by atoms with Crippen LogP contribution >= 0.6 is 15.9 Å². The summed E-state index contributed by atoms with van der Waals surface area (Å²) in [5.74, 6) is 0. The largest absolute Gasteiger partial charge is 0.374 e. The van der Waals surface area contributed by atoms with Crippen LogP contribution in [-0.2, 0) is 11.2 Å². The zero-order valence-corrected chi connectivity index (χ0v) is 11.9. The fourth-order valence-electron chi connectivity index (χ4n) is 2.34. The van der Waals surface area contributed by atoms with Crippen LogP contribution < -0.4 is 5.73 Å². The molecule has 0 spiro atoms. The van der Waals surface area contributed by atoms with E-state index >= 15 is 0 Å². The smallest absolute Gasteiger partial charge is 0.0807 e. The monoisotopic (exact) mass is 297 g/mol. The van der Waals surface area contributed by atoms with E-state index in [2.05, 4.69) is 47.1 Å². The first kappa shape index (κ1) is 13.1. The van der Waals surface area contributed by atoms with Crippen molar-refractivity contribution < 1.29 is 4.74 Å². The number of ether oxygens (including phenoxy) is 1. The second kappa shape index (κ2) is 5.51. The number of hydrogen-bond donors (Lipinski definition) is 1. The summed E-state index contributed by atoms with van der Waals surface area (Å²) in [4.78, 5) is 0. The van der Waals surface area contributed by atoms with Gasteiger partial charge < -0.3 is 10.5 Å². The first-order valence-electron chi connectivity index (χ1n) is 6.24. The maximum atomic E-state index is 6.32. The predicted octanol–water partition coefficient (Wildman–Crippen LogP) is 3.28. The fraction of sp³-hybridized carbons (Fsp3) is 0.571. The van der Waals surface area contributed by atoms with E-state index in [9.17, 15) is 0 Å². The zero-order valence-electron chi connectivity index (χ0n) is 10.3. The van der Waals surface area contributed by atoms with Gasteiger partial charge in [0.2, 0.25) is 0 Å². The minimum absolute atomic E-state index is 0.0731. The van der Waals surface area contributed by atoms with Crippen molar-refractivity contribution in [1.82, 2.24) is 0 Å². The molecule has 2 N–H and O–H groups in total. The third kappa shape index (κ3) is 3.30. The van der Waals surface area contributed by atoms with Crippen molar-refractivity contribution in [3.63, 3.8) is 0 Å². The Kier molecular flexibility index (Phi) is 4.23. The van der Waals surface area contributed by atoms with Crippen LogP contribution in [0.4, 0.5) is 0 Å². The number of halogens is 1. The molecule has 1 aromatic carbocycles. The van der Waals surface area contributed by atoms with Gasteiger partial charge in [-0.25, -0.2) is 0 Å². The summed E-state index contributed by atoms with van der Waals surface area (Å²) < 4.78 is 7.00. The molecule has 0 aliphatic carbocycles. The molecule has 1 heterocycles. The molecule has 3 heteroatoms. The quantitative estimate of drug-likeness (QED) is 0.929. The van der Waals surface area contributed by atoms with Crippen molar-refractivity contribution in [2.45, 2.75) is 44.2 Å². The normalized spacial score (nSPS) is 26.8. The van der Waals surface area contributed by atoms with Crippen molar-refractivity contribution in [1.29, 1.82) is 0 Å². The lowest BCUT2D eigenvalue weighted by Gasteiger charge is -2.38. The lowest BCUT2D eigenvalue weighted by atomic mass is 9.85. The van der Waals surface area contributed by atoms with Gasteiger partial charge in [0.15, 0.2) is 0 Å². The van der Waals surface area contributed by atoms with Crippen molar-refractivity contribution in [3.05, 3.63) is 34.3 Å². The van der Waals surface area contributed by atoms with Crippen LogP contribution in [0, 0.1) is 0 Å². The van der Waals surface area contributed by atoms with Gasteiger partial charge in [-0.05, 0) is 50.3 Å². The molecule has 2 unspecified atom stereocenters. The Balaban J connectivity index is 2.00. The van der Waals surface area contributed by atoms with E-state index in [-0.39, 0.29) is 11.6 Å². The van der Waals surface area contributed by atoms with E-state index in [0.29, 0.717) is 0 Å². The second-order valence-corrected chi connectivity index (χ2v) is 5.97. The minimum atomic E-state index is -0.147. The van der Waals surface area contributed by atoms with Crippen LogP contribution in [0.5, 0.6) is 0 Å². The molecule has 0 radical (unpaired) electrons. The summed E-state index contributed by atoms with van der Waals surface area (Å²) in [6.07, 6.45) is 4.35. The summed E-state index contributed by atoms with van der Waals surface area (Å²) in [5, 5.41) is 0. The van der Waals surface area contributed by atoms with Gasteiger partial charge in [-0.15, -0.1) is 0 Å². The zero-order chi connectivity index (χ0) is 12.3. The highest BCUT2D eigenvalue weighted by Crippen LogP contribution is 2.28. The molecule has 1 aliphatic rings. The lowest BCUT2D eigenvalue weighted by Crippen LogP contribution is -2.50. The van der Waals surface area contributed by atoms with Crippen LogP contribution in [0.2, 0.25) is 0 Å². The maximum absolute atomic E-state index is 6.32. The highest BCUT2D eigenvalue weighted by molar-refractivity contribution is 9.10. The summed E-state index contributed by atoms with van der Waals surface area (Å²) in [5.41, 5.74) is 7.44. The highest BCUT2D eigenvalue weighted by Gasteiger charge is 2.34. The van der Waals surface area contributed by atoms with E-state index in [1.807, 2.05) is 0 Å². The third-order valence-corrected chi connectivity index (χ3v) is 4.18. The third-order valence-electron chi connectivity index (χ3n) is 3.65. The first-order valence-corrected chi connectivity index (χ1v) is 7.03. The SMILES string of the molecule is CC1(C(N)Cc2ccc(Br)cc2)CCCCO1. The number of hydrogen-bond acceptors (Lipinski definition) is 2. The molecule has 0 aromatic heterocycles. The van der Waals surface area contributed by atoms with Crippen molar-refractivity contribution in [3.8, 4) is 0 Å². The van der Waals surface area contributed by atoms with Gasteiger partial charge in [-0.1, -0.05) is 28.1 Å². The molecule has 0 bridgehead atoms. The molecule has 17 heavy (non-hydrogen) atoms. The Labute approximate surface area is 112 Å². The van der Waals surface area contributed by atoms with Gasteiger partial charge in [-0.2, -0.15) is 0 Å². The second-order valence-electron chi connectivity index (χ2n) is 5.06. The van der Waals surface area contributed by atoms with E-state index in [1.54, 1.807) is 0 Å². The Morgan fingerprint density at radius 3 is 2.65 bits per heavy atom. The molecular weight excluding hydrogens is 278 g/mol. The number of rotatable bonds is 3. The Hall–Kier alpha value is -0.380. The Morgan fingerprint density at radius 2 is 2.06 bits per heavy atom. The average Bonchev–Trinajstić information content (AvgIpc) is 2.33. The molecule has 1 fully saturated rings. The number of nitrogens with two attached hydrogens (primary N) is 1. The van der Waals surface area contributed by atoms with E-state index in [1.165, 1.54) is 18.4 Å². The van der Waals surface area contributed by atoms with Crippen LogP contribution in [0.1, 0.15) is 31.7 Å². The summed E-state index contributed by atoms with van der Waals surface area (Å²) >= 11 is 3.44. The van der Waals surface area contributed by atoms with Gasteiger partial charge in [0.1, 0.15) is 0 Å². The predicted molar refractivity (Wildman–Crippen MR) is 74.0 cm³/mol. The molecule has 0 amide bonds. The molecule has 2 atom stereocenters. The fourth-order valence-corrected chi connectivity index (χ4v) is 2.60. The summed E-state index contributed by atoms with van der Waals surface area (Å²) in [6.45, 7) is 3.00. The molecule has 2 rings (SSSR count). The molecule has 94 valence electrons. The highest BCUT2D eigenvalue weighted by atomic mass is 79.9. The van der Waals surface area contributed by atoms with Gasteiger partial charge >= 0.3 is 0 Å². The molecule has 1 saturated heterocycles. The maximum Gasteiger partial charge on any atom is 0.0807 e. The lowest BCUT2D eigenvalue weighted by molar-refractivity contribution is -0.0808. The average molecular weight is 298 g/mol. The van der Waals surface area contributed by atoms with Crippen LogP contribution in [0.25, 0.3) is 0 Å². The molecule has 2 nitrogen and oxygen atoms in total. The van der Waals surface area contributed by atoms with Crippen LogP contribution in [0.3, 0.4) is 0 Å². The summed E-state index contributed by atoms with van der Waals surface area (Å²) in [7, 11) is 0. The van der Waals surface area contributed by atoms with Crippen LogP contribution in [0.15, 0.2) is 28.7 Å². The van der Waals surface area contributed by atoms with Crippen molar-refractivity contribution in [2.75, 3.05) is 6.61 Å². The van der Waals surface area contributed by atoms with Gasteiger partial charge in [0.05, 0.1) is 5.60 Å². The van der Waals surface area contributed by atoms with E-state index < -0.39 is 0 Å². The molecule has 0 saturated carbocycles. The topological polar surface area (TPSA) is 35.2 Å². The van der Waals surface area contributed by atoms with Gasteiger partial charge in [0.25, 0.3) is 0 Å².